The van der Waals surface area contributed by atoms with Crippen LogP contribution >= 0.6 is 11.6 Å². The van der Waals surface area contributed by atoms with Gasteiger partial charge in [-0.25, -0.2) is 9.69 Å². The van der Waals surface area contributed by atoms with Gasteiger partial charge in [0.1, 0.15) is 0 Å². The molecule has 0 bridgehead atoms. The van der Waals surface area contributed by atoms with Crippen molar-refractivity contribution in [3.8, 4) is 0 Å². The zero-order valence-corrected chi connectivity index (χ0v) is 14.7. The summed E-state index contributed by atoms with van der Waals surface area (Å²) in [5.41, 5.74) is 0.496. The first-order chi connectivity index (χ1) is 12.0. The van der Waals surface area contributed by atoms with Gasteiger partial charge in [0.2, 0.25) is 5.91 Å². The molecule has 0 aromatic heterocycles. The summed E-state index contributed by atoms with van der Waals surface area (Å²) in [4.78, 5) is 41.7. The summed E-state index contributed by atoms with van der Waals surface area (Å²) in [6.45, 7) is 4.13. The highest BCUT2D eigenvalue weighted by molar-refractivity contribution is 6.31. The zero-order chi connectivity index (χ0) is 18.0. The van der Waals surface area contributed by atoms with E-state index in [9.17, 15) is 14.4 Å². The maximum Gasteiger partial charge on any atom is 0.409 e. The number of rotatable bonds is 3. The molecule has 0 unspecified atom stereocenters. The van der Waals surface area contributed by atoms with Gasteiger partial charge in [0.15, 0.2) is 0 Å². The van der Waals surface area contributed by atoms with Crippen LogP contribution in [0.5, 0.6) is 0 Å². The van der Waals surface area contributed by atoms with E-state index in [0.29, 0.717) is 43.5 Å². The van der Waals surface area contributed by atoms with Crippen LogP contribution in [0.25, 0.3) is 0 Å². The molecule has 7 nitrogen and oxygen atoms in total. The van der Waals surface area contributed by atoms with Crippen molar-refractivity contribution < 1.29 is 19.1 Å². The number of halogens is 1. The van der Waals surface area contributed by atoms with Crippen LogP contribution in [0.3, 0.4) is 0 Å². The summed E-state index contributed by atoms with van der Waals surface area (Å²) >= 11 is 5.97. The fraction of sp³-hybridized carbons (Fsp3) is 0.471. The summed E-state index contributed by atoms with van der Waals surface area (Å²) in [5.74, 6) is -0.470. The largest absolute Gasteiger partial charge is 0.450 e. The number of ether oxygens (including phenoxy) is 1. The molecule has 2 aliphatic heterocycles. The van der Waals surface area contributed by atoms with Crippen molar-refractivity contribution in [3.63, 3.8) is 0 Å². The van der Waals surface area contributed by atoms with E-state index in [-0.39, 0.29) is 24.3 Å². The molecule has 3 amide bonds. The summed E-state index contributed by atoms with van der Waals surface area (Å²) in [6.07, 6.45) is -0.193. The van der Waals surface area contributed by atoms with Crippen LogP contribution in [-0.2, 0) is 14.3 Å². The predicted molar refractivity (Wildman–Crippen MR) is 92.5 cm³/mol. The molecule has 2 saturated heterocycles. The van der Waals surface area contributed by atoms with Crippen LogP contribution in [0, 0.1) is 0 Å². The Morgan fingerprint density at radius 3 is 2.60 bits per heavy atom. The number of benzene rings is 1. The highest BCUT2D eigenvalue weighted by atomic mass is 35.5. The highest BCUT2D eigenvalue weighted by Gasteiger charge is 2.43. The lowest BCUT2D eigenvalue weighted by molar-refractivity contribution is -0.123. The number of hydrogen-bond acceptors (Lipinski definition) is 5. The van der Waals surface area contributed by atoms with Crippen LogP contribution < -0.4 is 4.90 Å². The van der Waals surface area contributed by atoms with Crippen molar-refractivity contribution in [2.24, 2.45) is 0 Å². The molecule has 2 fully saturated rings. The first-order valence-corrected chi connectivity index (χ1v) is 8.67. The second-order valence-corrected chi connectivity index (χ2v) is 6.43. The molecule has 0 saturated carbocycles. The maximum absolute atomic E-state index is 12.8. The second-order valence-electron chi connectivity index (χ2n) is 5.99. The van der Waals surface area contributed by atoms with E-state index in [1.54, 1.807) is 36.1 Å². The summed E-state index contributed by atoms with van der Waals surface area (Å²) in [5, 5.41) is 0.476. The minimum absolute atomic E-state index is 0.144. The Hall–Kier alpha value is -2.12. The molecule has 1 aromatic rings. The Bertz CT molecular complexity index is 688. The minimum Gasteiger partial charge on any atom is -0.450 e. The van der Waals surface area contributed by atoms with Crippen LogP contribution in [0.2, 0.25) is 5.02 Å². The molecule has 0 radical (unpaired) electrons. The van der Waals surface area contributed by atoms with E-state index in [1.807, 2.05) is 4.90 Å². The standard InChI is InChI=1S/C17H20ClN3O4/c1-2-25-17(24)20-8-6-19(7-9-20)14-11-15(22)21(16(14)23)13-5-3-4-12(18)10-13/h3-5,10,14H,2,6-9,11H2,1H3/t14-/m0/s1. The molecule has 25 heavy (non-hydrogen) atoms. The first-order valence-electron chi connectivity index (χ1n) is 8.29. The average molecular weight is 366 g/mol. The number of hydrogen-bond donors (Lipinski definition) is 0. The van der Waals surface area contributed by atoms with Gasteiger partial charge < -0.3 is 9.64 Å². The Balaban J connectivity index is 1.66. The Labute approximate surface area is 151 Å². The van der Waals surface area contributed by atoms with Gasteiger partial charge >= 0.3 is 6.09 Å². The molecule has 8 heteroatoms. The van der Waals surface area contributed by atoms with Gasteiger partial charge in [-0.2, -0.15) is 0 Å². The Kier molecular flexibility index (Phi) is 5.24. The second kappa shape index (κ2) is 7.41. The topological polar surface area (TPSA) is 70.2 Å². The van der Waals surface area contributed by atoms with E-state index in [0.717, 1.165) is 0 Å². The Morgan fingerprint density at radius 1 is 1.24 bits per heavy atom. The van der Waals surface area contributed by atoms with E-state index in [4.69, 9.17) is 16.3 Å². The fourth-order valence-electron chi connectivity index (χ4n) is 3.22. The summed E-state index contributed by atoms with van der Waals surface area (Å²) in [7, 11) is 0. The fourth-order valence-corrected chi connectivity index (χ4v) is 3.40. The average Bonchev–Trinajstić information content (AvgIpc) is 2.90. The van der Waals surface area contributed by atoms with Crippen LogP contribution in [0.4, 0.5) is 10.5 Å². The number of amides is 3. The maximum atomic E-state index is 12.8. The van der Waals surface area contributed by atoms with Gasteiger partial charge in [0, 0.05) is 31.2 Å². The van der Waals surface area contributed by atoms with Crippen LogP contribution in [0.15, 0.2) is 24.3 Å². The lowest BCUT2D eigenvalue weighted by atomic mass is 10.2. The molecule has 134 valence electrons. The number of piperazine rings is 1. The first kappa shape index (κ1) is 17.7. The van der Waals surface area contributed by atoms with Crippen LogP contribution in [0.1, 0.15) is 13.3 Å². The van der Waals surface area contributed by atoms with Crippen molar-refractivity contribution in [2.75, 3.05) is 37.7 Å². The Morgan fingerprint density at radius 2 is 1.96 bits per heavy atom. The number of anilines is 1. The van der Waals surface area contributed by atoms with Gasteiger partial charge in [0.25, 0.3) is 5.91 Å². The smallest absolute Gasteiger partial charge is 0.409 e. The monoisotopic (exact) mass is 365 g/mol. The van der Waals surface area contributed by atoms with Crippen molar-refractivity contribution >= 4 is 35.2 Å². The van der Waals surface area contributed by atoms with Crippen molar-refractivity contribution in [2.45, 2.75) is 19.4 Å². The molecule has 0 aliphatic carbocycles. The van der Waals surface area contributed by atoms with Crippen molar-refractivity contribution in [1.29, 1.82) is 0 Å². The summed E-state index contributed by atoms with van der Waals surface area (Å²) < 4.78 is 4.99. The van der Waals surface area contributed by atoms with E-state index in [1.165, 1.54) is 4.90 Å². The quantitative estimate of drug-likeness (QED) is 0.763. The lowest BCUT2D eigenvalue weighted by Gasteiger charge is -2.36. The predicted octanol–water partition coefficient (Wildman–Crippen LogP) is 1.75. The number of carbonyl (C=O) groups is 3. The third-order valence-corrected chi connectivity index (χ3v) is 4.71. The molecular formula is C17H20ClN3O4. The summed E-state index contributed by atoms with van der Waals surface area (Å²) in [6, 6.07) is 6.23. The lowest BCUT2D eigenvalue weighted by Crippen LogP contribution is -2.54. The van der Waals surface area contributed by atoms with Gasteiger partial charge in [-0.15, -0.1) is 0 Å². The van der Waals surface area contributed by atoms with E-state index >= 15 is 0 Å². The SMILES string of the molecule is CCOC(=O)N1CCN([C@H]2CC(=O)N(c3cccc(Cl)c3)C2=O)CC1. The number of nitrogens with zero attached hydrogens (tertiary/aromatic N) is 3. The van der Waals surface area contributed by atoms with E-state index < -0.39 is 6.04 Å². The van der Waals surface area contributed by atoms with Gasteiger partial charge in [0.05, 0.1) is 24.8 Å². The van der Waals surface area contributed by atoms with Gasteiger partial charge in [-0.05, 0) is 25.1 Å². The number of imide groups is 1. The van der Waals surface area contributed by atoms with Gasteiger partial charge in [-0.3, -0.25) is 14.5 Å². The van der Waals surface area contributed by atoms with E-state index in [2.05, 4.69) is 0 Å². The zero-order valence-electron chi connectivity index (χ0n) is 14.0. The van der Waals surface area contributed by atoms with Gasteiger partial charge in [-0.1, -0.05) is 17.7 Å². The molecule has 2 aliphatic rings. The molecule has 0 spiro atoms. The number of carbonyl (C=O) groups excluding carboxylic acids is 3. The van der Waals surface area contributed by atoms with Crippen molar-refractivity contribution in [3.05, 3.63) is 29.3 Å². The molecule has 2 heterocycles. The minimum atomic E-state index is -0.490. The highest BCUT2D eigenvalue weighted by Crippen LogP contribution is 2.28. The molecule has 1 aromatic carbocycles. The normalized spacial score (nSPS) is 21.8. The van der Waals surface area contributed by atoms with Crippen molar-refractivity contribution in [1.82, 2.24) is 9.80 Å². The molecule has 1 atom stereocenters. The molecule has 3 rings (SSSR count). The molecule has 0 N–H and O–H groups in total. The molecular weight excluding hydrogens is 346 g/mol. The van der Waals surface area contributed by atoms with Crippen LogP contribution in [-0.4, -0.2) is 66.5 Å². The third-order valence-electron chi connectivity index (χ3n) is 4.47. The third kappa shape index (κ3) is 3.62.